The molecule has 1 unspecified atom stereocenters. The molecule has 0 saturated heterocycles. The number of esters is 1. The van der Waals surface area contributed by atoms with Gasteiger partial charge in [-0.1, -0.05) is 12.1 Å². The number of anilines is 1. The van der Waals surface area contributed by atoms with E-state index in [0.717, 1.165) is 0 Å². The molecule has 0 spiro atoms. The number of ether oxygens (including phenoxy) is 1. The Bertz CT molecular complexity index is 382. The summed E-state index contributed by atoms with van der Waals surface area (Å²) >= 11 is 0. The van der Waals surface area contributed by atoms with E-state index in [4.69, 9.17) is 10.5 Å². The van der Waals surface area contributed by atoms with Gasteiger partial charge in [0.1, 0.15) is 5.60 Å². The minimum Gasteiger partial charge on any atom is -0.458 e. The summed E-state index contributed by atoms with van der Waals surface area (Å²) in [5.41, 5.74) is 5.89. The molecule has 88 valence electrons. The summed E-state index contributed by atoms with van der Waals surface area (Å²) in [6, 6.07) is 6.54. The molecule has 1 rings (SSSR count). The predicted molar refractivity (Wildman–Crippen MR) is 61.7 cm³/mol. The van der Waals surface area contributed by atoms with Crippen molar-refractivity contribution in [2.75, 3.05) is 5.73 Å². The number of nitrogen functional groups attached to an aromatic ring is 1. The van der Waals surface area contributed by atoms with Crippen LogP contribution < -0.4 is 5.73 Å². The molecule has 0 bridgehead atoms. The van der Waals surface area contributed by atoms with Crippen LogP contribution in [-0.4, -0.2) is 16.7 Å². The fraction of sp³-hybridized carbons (Fsp3) is 0.417. The summed E-state index contributed by atoms with van der Waals surface area (Å²) in [4.78, 5) is 11.6. The SMILES string of the molecule is CC(C)(C)OC(=O)C(O)c1cccc(N)c1. The lowest BCUT2D eigenvalue weighted by Crippen LogP contribution is -2.27. The number of nitrogens with two attached hydrogens (primary N) is 1. The molecular weight excluding hydrogens is 206 g/mol. The third kappa shape index (κ3) is 3.55. The lowest BCUT2D eigenvalue weighted by atomic mass is 10.1. The molecule has 0 aliphatic rings. The van der Waals surface area contributed by atoms with E-state index in [0.29, 0.717) is 11.3 Å². The summed E-state index contributed by atoms with van der Waals surface area (Å²) in [6.07, 6.45) is -1.29. The molecule has 0 fully saturated rings. The minimum atomic E-state index is -1.29. The number of aliphatic hydroxyl groups is 1. The molecule has 0 aromatic heterocycles. The van der Waals surface area contributed by atoms with Gasteiger partial charge < -0.3 is 15.6 Å². The Hall–Kier alpha value is -1.55. The lowest BCUT2D eigenvalue weighted by molar-refractivity contribution is -0.165. The maximum absolute atomic E-state index is 11.6. The second-order valence-electron chi connectivity index (χ2n) is 4.61. The van der Waals surface area contributed by atoms with Crippen molar-refractivity contribution in [3.8, 4) is 0 Å². The van der Waals surface area contributed by atoms with E-state index < -0.39 is 17.7 Å². The quantitative estimate of drug-likeness (QED) is 0.590. The molecule has 0 radical (unpaired) electrons. The highest BCUT2D eigenvalue weighted by Gasteiger charge is 2.24. The number of rotatable bonds is 2. The topological polar surface area (TPSA) is 72.5 Å². The highest BCUT2D eigenvalue weighted by Crippen LogP contribution is 2.19. The molecule has 16 heavy (non-hydrogen) atoms. The van der Waals surface area contributed by atoms with E-state index in [2.05, 4.69) is 0 Å². The lowest BCUT2D eigenvalue weighted by Gasteiger charge is -2.21. The van der Waals surface area contributed by atoms with Crippen molar-refractivity contribution in [3.05, 3.63) is 29.8 Å². The van der Waals surface area contributed by atoms with E-state index >= 15 is 0 Å². The Morgan fingerprint density at radius 1 is 1.44 bits per heavy atom. The summed E-state index contributed by atoms with van der Waals surface area (Å²) in [7, 11) is 0. The van der Waals surface area contributed by atoms with Gasteiger partial charge in [-0.2, -0.15) is 0 Å². The van der Waals surface area contributed by atoms with Gasteiger partial charge in [-0.15, -0.1) is 0 Å². The fourth-order valence-electron chi connectivity index (χ4n) is 1.22. The van der Waals surface area contributed by atoms with Crippen LogP contribution in [0.1, 0.15) is 32.4 Å². The first-order chi connectivity index (χ1) is 7.29. The van der Waals surface area contributed by atoms with Crippen LogP contribution in [-0.2, 0) is 9.53 Å². The zero-order valence-corrected chi connectivity index (χ0v) is 9.73. The van der Waals surface area contributed by atoms with Crippen LogP contribution in [0.25, 0.3) is 0 Å². The van der Waals surface area contributed by atoms with Gasteiger partial charge in [-0.3, -0.25) is 0 Å². The first kappa shape index (κ1) is 12.5. The number of aliphatic hydroxyl groups excluding tert-OH is 1. The van der Waals surface area contributed by atoms with Crippen molar-refractivity contribution in [1.82, 2.24) is 0 Å². The second-order valence-corrected chi connectivity index (χ2v) is 4.61. The Morgan fingerprint density at radius 2 is 2.06 bits per heavy atom. The molecule has 0 aliphatic heterocycles. The van der Waals surface area contributed by atoms with Crippen molar-refractivity contribution in [2.45, 2.75) is 32.5 Å². The predicted octanol–water partition coefficient (Wildman–Crippen LogP) is 1.64. The monoisotopic (exact) mass is 223 g/mol. The van der Waals surface area contributed by atoms with Crippen molar-refractivity contribution < 1.29 is 14.6 Å². The molecular formula is C12H17NO3. The molecule has 1 aromatic carbocycles. The van der Waals surface area contributed by atoms with Crippen LogP contribution in [0.2, 0.25) is 0 Å². The largest absolute Gasteiger partial charge is 0.458 e. The van der Waals surface area contributed by atoms with Gasteiger partial charge in [0, 0.05) is 5.69 Å². The van der Waals surface area contributed by atoms with Gasteiger partial charge in [0.2, 0.25) is 0 Å². The van der Waals surface area contributed by atoms with Crippen molar-refractivity contribution in [3.63, 3.8) is 0 Å². The maximum atomic E-state index is 11.6. The Labute approximate surface area is 95.0 Å². The van der Waals surface area contributed by atoms with Gasteiger partial charge in [-0.05, 0) is 38.5 Å². The number of carbonyl (C=O) groups excluding carboxylic acids is 1. The van der Waals surface area contributed by atoms with Crippen molar-refractivity contribution >= 4 is 11.7 Å². The highest BCUT2D eigenvalue weighted by molar-refractivity contribution is 5.77. The number of hydrogen-bond acceptors (Lipinski definition) is 4. The Kier molecular flexibility index (Phi) is 3.55. The molecule has 0 amide bonds. The first-order valence-electron chi connectivity index (χ1n) is 5.06. The average molecular weight is 223 g/mol. The van der Waals surface area contributed by atoms with Gasteiger partial charge in [0.15, 0.2) is 6.10 Å². The molecule has 0 heterocycles. The van der Waals surface area contributed by atoms with Crippen LogP contribution >= 0.6 is 0 Å². The van der Waals surface area contributed by atoms with Gasteiger partial charge >= 0.3 is 5.97 Å². The summed E-state index contributed by atoms with van der Waals surface area (Å²) < 4.78 is 5.06. The molecule has 1 aromatic rings. The van der Waals surface area contributed by atoms with E-state index in [1.54, 1.807) is 45.0 Å². The van der Waals surface area contributed by atoms with Gasteiger partial charge in [0.05, 0.1) is 0 Å². The minimum absolute atomic E-state index is 0.439. The zero-order valence-electron chi connectivity index (χ0n) is 9.73. The number of carbonyl (C=O) groups is 1. The maximum Gasteiger partial charge on any atom is 0.340 e. The van der Waals surface area contributed by atoms with Gasteiger partial charge in [0.25, 0.3) is 0 Å². The van der Waals surface area contributed by atoms with Crippen LogP contribution in [0.15, 0.2) is 24.3 Å². The number of benzene rings is 1. The van der Waals surface area contributed by atoms with E-state index in [1.807, 2.05) is 0 Å². The van der Waals surface area contributed by atoms with Crippen LogP contribution in [0.4, 0.5) is 5.69 Å². The molecule has 3 N–H and O–H groups in total. The third-order valence-corrected chi connectivity index (χ3v) is 1.86. The summed E-state index contributed by atoms with van der Waals surface area (Å²) in [5.74, 6) is -0.668. The average Bonchev–Trinajstić information content (AvgIpc) is 2.14. The molecule has 0 aliphatic carbocycles. The van der Waals surface area contributed by atoms with Crippen molar-refractivity contribution in [2.24, 2.45) is 0 Å². The first-order valence-corrected chi connectivity index (χ1v) is 5.06. The summed E-state index contributed by atoms with van der Waals surface area (Å²) in [6.45, 7) is 5.24. The summed E-state index contributed by atoms with van der Waals surface area (Å²) in [5, 5.41) is 9.75. The second kappa shape index (κ2) is 4.53. The smallest absolute Gasteiger partial charge is 0.340 e. The van der Waals surface area contributed by atoms with Crippen LogP contribution in [0, 0.1) is 0 Å². The molecule has 4 heteroatoms. The zero-order chi connectivity index (χ0) is 12.3. The van der Waals surface area contributed by atoms with E-state index in [-0.39, 0.29) is 0 Å². The third-order valence-electron chi connectivity index (χ3n) is 1.86. The fourth-order valence-corrected chi connectivity index (χ4v) is 1.22. The normalized spacial score (nSPS) is 13.2. The van der Waals surface area contributed by atoms with Crippen molar-refractivity contribution in [1.29, 1.82) is 0 Å². The Balaban J connectivity index is 2.78. The van der Waals surface area contributed by atoms with E-state index in [1.165, 1.54) is 0 Å². The van der Waals surface area contributed by atoms with Crippen LogP contribution in [0.3, 0.4) is 0 Å². The molecule has 0 saturated carbocycles. The van der Waals surface area contributed by atoms with E-state index in [9.17, 15) is 9.90 Å². The van der Waals surface area contributed by atoms with Gasteiger partial charge in [-0.25, -0.2) is 4.79 Å². The number of hydrogen-bond donors (Lipinski definition) is 2. The highest BCUT2D eigenvalue weighted by atomic mass is 16.6. The molecule has 4 nitrogen and oxygen atoms in total. The molecule has 1 atom stereocenters. The van der Waals surface area contributed by atoms with Crippen LogP contribution in [0.5, 0.6) is 0 Å². The standard InChI is InChI=1S/C12H17NO3/c1-12(2,3)16-11(15)10(14)8-5-4-6-9(13)7-8/h4-7,10,14H,13H2,1-3H3. The Morgan fingerprint density at radius 3 is 2.56 bits per heavy atom.